The molecule has 2 N–H and O–H groups in total. The van der Waals surface area contributed by atoms with Crippen molar-refractivity contribution >= 4 is 17.8 Å². The van der Waals surface area contributed by atoms with Crippen molar-refractivity contribution in [2.75, 3.05) is 41.2 Å². The van der Waals surface area contributed by atoms with E-state index in [1.54, 1.807) is 56.6 Å². The minimum Gasteiger partial charge on any atom is -0.497 e. The minimum atomic E-state index is -1.37. The van der Waals surface area contributed by atoms with Crippen LogP contribution in [0, 0.1) is 5.92 Å². The lowest BCUT2D eigenvalue weighted by molar-refractivity contribution is -0.145. The molecule has 2 aliphatic rings. The zero-order valence-corrected chi connectivity index (χ0v) is 25.0. The summed E-state index contributed by atoms with van der Waals surface area (Å²) in [6.07, 6.45) is 0.596. The number of carbonyl (C=O) groups excluding carboxylic acids is 1. The second kappa shape index (κ2) is 12.4. The molecule has 0 aromatic heterocycles. The van der Waals surface area contributed by atoms with E-state index in [9.17, 15) is 24.6 Å². The van der Waals surface area contributed by atoms with Crippen molar-refractivity contribution in [2.24, 2.45) is 5.92 Å². The highest BCUT2D eigenvalue weighted by molar-refractivity contribution is 5.86. The minimum absolute atomic E-state index is 0.0260. The van der Waals surface area contributed by atoms with Crippen LogP contribution in [0.1, 0.15) is 47.9 Å². The number of carboxylic acid groups (broad SMARTS) is 2. The molecule has 0 saturated heterocycles. The number of nitrogens with zero attached hydrogens (tertiary/aromatic N) is 1. The molecule has 3 aromatic carbocycles. The van der Waals surface area contributed by atoms with Gasteiger partial charge >= 0.3 is 11.9 Å². The summed E-state index contributed by atoms with van der Waals surface area (Å²) in [7, 11) is 4.72. The van der Waals surface area contributed by atoms with Gasteiger partial charge in [-0.25, -0.2) is 4.79 Å². The number of ether oxygens (including phenoxy) is 5. The molecule has 1 heterocycles. The third kappa shape index (κ3) is 5.45. The van der Waals surface area contributed by atoms with Gasteiger partial charge in [-0.15, -0.1) is 0 Å². The van der Waals surface area contributed by atoms with Crippen molar-refractivity contribution in [3.63, 3.8) is 0 Å². The van der Waals surface area contributed by atoms with Crippen LogP contribution in [0.15, 0.2) is 54.6 Å². The number of amides is 1. The Labute approximate surface area is 254 Å². The SMILES string of the molecule is CCCOc1ccc2c(c1)C(c1ccc(OC)cc1OCC(=O)O)C(C(=O)O)C2(CC(=O)N(C)C)c1ccc2c(c1)OCO2. The van der Waals surface area contributed by atoms with Crippen LogP contribution in [0.5, 0.6) is 28.7 Å². The van der Waals surface area contributed by atoms with Gasteiger partial charge in [0.05, 0.1) is 19.6 Å². The number of rotatable bonds is 12. The Morgan fingerprint density at radius 2 is 1.68 bits per heavy atom. The van der Waals surface area contributed by atoms with E-state index in [1.165, 1.54) is 12.0 Å². The van der Waals surface area contributed by atoms with Crippen LogP contribution in [0.3, 0.4) is 0 Å². The zero-order chi connectivity index (χ0) is 31.6. The molecule has 0 fully saturated rings. The Morgan fingerprint density at radius 3 is 2.36 bits per heavy atom. The molecule has 11 nitrogen and oxygen atoms in total. The van der Waals surface area contributed by atoms with Gasteiger partial charge in [0.2, 0.25) is 12.7 Å². The Kier molecular flexibility index (Phi) is 8.57. The molecule has 0 bridgehead atoms. The van der Waals surface area contributed by atoms with E-state index < -0.39 is 35.8 Å². The maximum atomic E-state index is 13.6. The van der Waals surface area contributed by atoms with E-state index in [2.05, 4.69) is 0 Å². The summed E-state index contributed by atoms with van der Waals surface area (Å²) in [4.78, 5) is 40.2. The second-order valence-corrected chi connectivity index (χ2v) is 11.0. The summed E-state index contributed by atoms with van der Waals surface area (Å²) in [5, 5.41) is 20.5. The van der Waals surface area contributed by atoms with Crippen molar-refractivity contribution in [3.8, 4) is 28.7 Å². The number of carboxylic acids is 2. The van der Waals surface area contributed by atoms with Crippen molar-refractivity contribution < 1.29 is 48.3 Å². The summed E-state index contributed by atoms with van der Waals surface area (Å²) in [6.45, 7) is 1.81. The van der Waals surface area contributed by atoms with Crippen LogP contribution in [0.4, 0.5) is 0 Å². The van der Waals surface area contributed by atoms with Crippen LogP contribution >= 0.6 is 0 Å². The fraction of sp³-hybridized carbons (Fsp3) is 0.364. The highest BCUT2D eigenvalue weighted by Gasteiger charge is 2.59. The molecule has 232 valence electrons. The average molecular weight is 606 g/mol. The van der Waals surface area contributed by atoms with Crippen LogP contribution in [-0.4, -0.2) is 74.2 Å². The second-order valence-electron chi connectivity index (χ2n) is 11.0. The Bertz CT molecular complexity index is 1580. The molecule has 0 saturated carbocycles. The van der Waals surface area contributed by atoms with E-state index in [0.717, 1.165) is 6.42 Å². The van der Waals surface area contributed by atoms with Gasteiger partial charge in [-0.05, 0) is 53.4 Å². The van der Waals surface area contributed by atoms with E-state index >= 15 is 0 Å². The highest BCUT2D eigenvalue weighted by atomic mass is 16.7. The van der Waals surface area contributed by atoms with Crippen LogP contribution in [0.25, 0.3) is 0 Å². The molecule has 0 spiro atoms. The van der Waals surface area contributed by atoms with Crippen LogP contribution in [0.2, 0.25) is 0 Å². The molecule has 3 atom stereocenters. The maximum Gasteiger partial charge on any atom is 0.341 e. The summed E-state index contributed by atoms with van der Waals surface area (Å²) in [5.41, 5.74) is 0.889. The predicted molar refractivity (Wildman–Crippen MR) is 158 cm³/mol. The summed E-state index contributed by atoms with van der Waals surface area (Å²) >= 11 is 0. The zero-order valence-electron chi connectivity index (χ0n) is 25.0. The van der Waals surface area contributed by atoms with Crippen molar-refractivity contribution in [1.29, 1.82) is 0 Å². The maximum absolute atomic E-state index is 13.6. The molecule has 1 amide bonds. The highest BCUT2D eigenvalue weighted by Crippen LogP contribution is 2.61. The first-order chi connectivity index (χ1) is 21.1. The lowest BCUT2D eigenvalue weighted by Crippen LogP contribution is -2.43. The van der Waals surface area contributed by atoms with Crippen molar-refractivity contribution in [1.82, 2.24) is 4.90 Å². The first kappa shape index (κ1) is 30.5. The van der Waals surface area contributed by atoms with Gasteiger partial charge in [0.1, 0.15) is 17.2 Å². The van der Waals surface area contributed by atoms with E-state index in [1.807, 2.05) is 19.1 Å². The van der Waals surface area contributed by atoms with E-state index in [-0.39, 0.29) is 24.9 Å². The first-order valence-corrected chi connectivity index (χ1v) is 14.2. The van der Waals surface area contributed by atoms with Gasteiger partial charge < -0.3 is 38.8 Å². The molecule has 3 aromatic rings. The number of hydrogen-bond acceptors (Lipinski definition) is 8. The summed E-state index contributed by atoms with van der Waals surface area (Å²) in [6, 6.07) is 15.6. The number of carbonyl (C=O) groups is 3. The number of fused-ring (bicyclic) bond motifs is 2. The number of methoxy groups -OCH3 is 1. The first-order valence-electron chi connectivity index (χ1n) is 14.2. The quantitative estimate of drug-likeness (QED) is 0.307. The van der Waals surface area contributed by atoms with Crippen molar-refractivity contribution in [3.05, 3.63) is 76.9 Å². The summed E-state index contributed by atoms with van der Waals surface area (Å²) in [5.74, 6) is -2.64. The van der Waals surface area contributed by atoms with Gasteiger partial charge in [0.15, 0.2) is 18.1 Å². The van der Waals surface area contributed by atoms with Gasteiger partial charge in [0.25, 0.3) is 0 Å². The van der Waals surface area contributed by atoms with Crippen LogP contribution < -0.4 is 23.7 Å². The van der Waals surface area contributed by atoms with Crippen molar-refractivity contribution in [2.45, 2.75) is 31.1 Å². The molecule has 1 aliphatic heterocycles. The molecule has 44 heavy (non-hydrogen) atoms. The molecule has 11 heteroatoms. The Hall–Kier alpha value is -4.93. The van der Waals surface area contributed by atoms with Gasteiger partial charge in [0, 0.05) is 43.5 Å². The lowest BCUT2D eigenvalue weighted by Gasteiger charge is -2.37. The Balaban J connectivity index is 1.83. The fourth-order valence-corrected chi connectivity index (χ4v) is 6.22. The third-order valence-electron chi connectivity index (χ3n) is 8.17. The number of benzene rings is 3. The van der Waals surface area contributed by atoms with E-state index in [0.29, 0.717) is 51.9 Å². The lowest BCUT2D eigenvalue weighted by atomic mass is 9.64. The van der Waals surface area contributed by atoms with Gasteiger partial charge in [-0.2, -0.15) is 0 Å². The van der Waals surface area contributed by atoms with Gasteiger partial charge in [-0.3, -0.25) is 9.59 Å². The molecular weight excluding hydrogens is 570 g/mol. The third-order valence-corrected chi connectivity index (χ3v) is 8.17. The van der Waals surface area contributed by atoms with E-state index in [4.69, 9.17) is 23.7 Å². The number of aliphatic carboxylic acids is 2. The standard InChI is InChI=1S/C33H35NO10/c1-5-12-41-21-8-10-24-23(14-21)30(22-9-7-20(40-4)15-26(22)42-17-29(36)37)31(32(38)39)33(24,16-28(35)34(2)3)19-6-11-25-27(13-19)44-18-43-25/h6-11,13-15,30-31H,5,12,16-18H2,1-4H3,(H,36,37)(H,38,39). The van der Waals surface area contributed by atoms with Gasteiger partial charge in [-0.1, -0.05) is 25.1 Å². The predicted octanol–water partition coefficient (Wildman–Crippen LogP) is 4.29. The molecule has 1 aliphatic carbocycles. The Morgan fingerprint density at radius 1 is 0.932 bits per heavy atom. The largest absolute Gasteiger partial charge is 0.497 e. The smallest absolute Gasteiger partial charge is 0.341 e. The topological polar surface area (TPSA) is 141 Å². The average Bonchev–Trinajstić information content (AvgIpc) is 3.59. The molecule has 5 rings (SSSR count). The number of hydrogen-bond donors (Lipinski definition) is 2. The van der Waals surface area contributed by atoms with Crippen LogP contribution in [-0.2, 0) is 19.8 Å². The molecule has 3 unspecified atom stereocenters. The normalized spacial score (nSPS) is 19.6. The molecular formula is C33H35NO10. The fourth-order valence-electron chi connectivity index (χ4n) is 6.22. The monoisotopic (exact) mass is 605 g/mol. The molecule has 0 radical (unpaired) electrons. The summed E-state index contributed by atoms with van der Waals surface area (Å²) < 4.78 is 28.3.